The van der Waals surface area contributed by atoms with Gasteiger partial charge in [-0.3, -0.25) is 0 Å². The summed E-state index contributed by atoms with van der Waals surface area (Å²) in [5.74, 6) is 0.450. The number of rotatable bonds is 5. The summed E-state index contributed by atoms with van der Waals surface area (Å²) >= 11 is 0. The number of carbonyl (C=O) groups excluding carboxylic acids is 1. The van der Waals surface area contributed by atoms with Gasteiger partial charge in [0.1, 0.15) is 11.7 Å². The summed E-state index contributed by atoms with van der Waals surface area (Å²) in [7, 11) is -3.41. The van der Waals surface area contributed by atoms with Crippen molar-refractivity contribution in [3.8, 4) is 5.75 Å². The molecule has 0 bridgehead atoms. The molecule has 1 amide bonds. The molecular weight excluding hydrogens is 398 g/mol. The third-order valence-corrected chi connectivity index (χ3v) is 5.64. The summed E-state index contributed by atoms with van der Waals surface area (Å²) in [6, 6.07) is 0. The average Bonchev–Trinajstić information content (AvgIpc) is 2.58. The summed E-state index contributed by atoms with van der Waals surface area (Å²) in [5, 5.41) is -0.211. The molecule has 2 aliphatic rings. The third-order valence-electron chi connectivity index (χ3n) is 4.77. The van der Waals surface area contributed by atoms with Gasteiger partial charge in [0.2, 0.25) is 15.0 Å². The van der Waals surface area contributed by atoms with Crippen LogP contribution in [-0.2, 0) is 19.3 Å². The molecule has 3 rings (SSSR count). The number of carbonyl (C=O) groups is 1. The van der Waals surface area contributed by atoms with E-state index in [9.17, 15) is 13.2 Å². The van der Waals surface area contributed by atoms with E-state index < -0.39 is 15.4 Å². The topological polar surface area (TPSA) is 108 Å². The number of hydrogen-bond donors (Lipinski definition) is 0. The van der Waals surface area contributed by atoms with Crippen molar-refractivity contribution in [3.63, 3.8) is 0 Å². The van der Waals surface area contributed by atoms with Gasteiger partial charge in [-0.25, -0.2) is 23.2 Å². The van der Waals surface area contributed by atoms with Crippen LogP contribution in [0.1, 0.15) is 46.5 Å². The number of hydrogen-bond acceptors (Lipinski definition) is 8. The van der Waals surface area contributed by atoms with Crippen LogP contribution in [0.15, 0.2) is 17.6 Å². The minimum absolute atomic E-state index is 0.00883. The Bertz CT molecular complexity index is 807. The molecule has 0 radical (unpaired) electrons. The van der Waals surface area contributed by atoms with E-state index in [2.05, 4.69) is 9.97 Å². The number of likely N-dealkylation sites (tertiary alicyclic amines) is 1. The van der Waals surface area contributed by atoms with Gasteiger partial charge in [-0.05, 0) is 33.6 Å². The molecule has 162 valence electrons. The monoisotopic (exact) mass is 427 g/mol. The summed E-state index contributed by atoms with van der Waals surface area (Å²) < 4.78 is 40.0. The Kier molecular flexibility index (Phi) is 6.33. The third kappa shape index (κ3) is 6.27. The predicted octanol–water partition coefficient (Wildman–Crippen LogP) is 2.21. The van der Waals surface area contributed by atoms with Crippen LogP contribution in [0.3, 0.4) is 0 Å². The molecule has 0 aromatic carbocycles. The maximum Gasteiger partial charge on any atom is 0.410 e. The summed E-state index contributed by atoms with van der Waals surface area (Å²) in [4.78, 5) is 21.5. The summed E-state index contributed by atoms with van der Waals surface area (Å²) in [5.41, 5.74) is -0.485. The number of aromatic nitrogens is 2. The van der Waals surface area contributed by atoms with Crippen LogP contribution in [0.2, 0.25) is 0 Å². The molecule has 0 N–H and O–H groups in total. The van der Waals surface area contributed by atoms with E-state index in [0.717, 1.165) is 31.9 Å². The molecule has 1 aromatic heterocycles. The fraction of sp³-hybridized carbons (Fsp3) is 0.737. The first-order valence-electron chi connectivity index (χ1n) is 9.82. The average molecular weight is 428 g/mol. The number of sulfone groups is 1. The van der Waals surface area contributed by atoms with Gasteiger partial charge in [-0.15, -0.1) is 0 Å². The quantitative estimate of drug-likeness (QED) is 0.658. The zero-order chi connectivity index (χ0) is 21.2. The first-order valence-corrected chi connectivity index (χ1v) is 11.7. The van der Waals surface area contributed by atoms with E-state index in [-0.39, 0.29) is 29.6 Å². The van der Waals surface area contributed by atoms with Crippen LogP contribution < -0.4 is 4.74 Å². The van der Waals surface area contributed by atoms with Crippen LogP contribution in [0, 0.1) is 0 Å². The Labute approximate surface area is 171 Å². The van der Waals surface area contributed by atoms with Crippen molar-refractivity contribution in [3.05, 3.63) is 12.4 Å². The highest BCUT2D eigenvalue weighted by Gasteiger charge is 2.35. The number of amides is 1. The lowest BCUT2D eigenvalue weighted by Crippen LogP contribution is -2.46. The highest BCUT2D eigenvalue weighted by molar-refractivity contribution is 7.90. The Hall–Kier alpha value is -1.94. The fourth-order valence-electron chi connectivity index (χ4n) is 3.25. The van der Waals surface area contributed by atoms with Crippen molar-refractivity contribution in [1.29, 1.82) is 0 Å². The molecule has 1 aromatic rings. The highest BCUT2D eigenvalue weighted by Crippen LogP contribution is 2.30. The van der Waals surface area contributed by atoms with Gasteiger partial charge >= 0.3 is 6.09 Å². The summed E-state index contributed by atoms with van der Waals surface area (Å²) in [6.45, 7) is 6.86. The molecule has 0 spiro atoms. The van der Waals surface area contributed by atoms with E-state index in [0.29, 0.717) is 18.8 Å². The second kappa shape index (κ2) is 8.43. The van der Waals surface area contributed by atoms with Crippen molar-refractivity contribution < 1.29 is 27.4 Å². The maximum absolute atomic E-state index is 12.1. The van der Waals surface area contributed by atoms with Crippen LogP contribution >= 0.6 is 0 Å². The smallest absolute Gasteiger partial charge is 0.410 e. The molecule has 9 nitrogen and oxygen atoms in total. The van der Waals surface area contributed by atoms with Crippen LogP contribution in [0.25, 0.3) is 0 Å². The molecule has 0 unspecified atom stereocenters. The molecule has 1 aliphatic heterocycles. The molecule has 10 heteroatoms. The number of nitrogens with zero attached hydrogens (tertiary/aromatic N) is 3. The number of piperidine rings is 1. The molecule has 29 heavy (non-hydrogen) atoms. The van der Waals surface area contributed by atoms with Crippen LogP contribution in [-0.4, -0.2) is 72.6 Å². The van der Waals surface area contributed by atoms with Gasteiger partial charge in [-0.1, -0.05) is 0 Å². The second-order valence-corrected chi connectivity index (χ2v) is 10.5. The SMILES string of the molecule is CC(C)(C)OC(=O)N1CCC(O[C@H]2C[C@H](Oc3cnc(S(C)(=O)=O)nc3)C2)CC1. The fourth-order valence-corrected chi connectivity index (χ4v) is 3.74. The molecule has 1 saturated heterocycles. The lowest BCUT2D eigenvalue weighted by molar-refractivity contribution is -0.110. The second-order valence-electron chi connectivity index (χ2n) is 8.61. The van der Waals surface area contributed by atoms with Crippen LogP contribution in [0.4, 0.5) is 4.79 Å². The van der Waals surface area contributed by atoms with E-state index in [1.54, 1.807) is 4.90 Å². The Morgan fingerprint density at radius 3 is 2.17 bits per heavy atom. The van der Waals surface area contributed by atoms with Crippen LogP contribution in [0.5, 0.6) is 5.75 Å². The maximum atomic E-state index is 12.1. The largest absolute Gasteiger partial charge is 0.487 e. The molecule has 0 atom stereocenters. The molecule has 1 aliphatic carbocycles. The van der Waals surface area contributed by atoms with Crippen molar-refractivity contribution >= 4 is 15.9 Å². The van der Waals surface area contributed by atoms with Crippen molar-refractivity contribution in [2.45, 2.75) is 75.5 Å². The van der Waals surface area contributed by atoms with E-state index in [1.807, 2.05) is 20.8 Å². The Morgan fingerprint density at radius 2 is 1.66 bits per heavy atom. The minimum Gasteiger partial charge on any atom is -0.487 e. The first kappa shape index (κ1) is 21.8. The van der Waals surface area contributed by atoms with E-state index >= 15 is 0 Å². The van der Waals surface area contributed by atoms with Gasteiger partial charge in [-0.2, -0.15) is 0 Å². The van der Waals surface area contributed by atoms with Gasteiger partial charge in [0.05, 0.1) is 24.6 Å². The highest BCUT2D eigenvalue weighted by atomic mass is 32.2. The van der Waals surface area contributed by atoms with Crippen molar-refractivity contribution in [1.82, 2.24) is 14.9 Å². The normalized spacial score (nSPS) is 23.4. The molecular formula is C19H29N3O6S. The number of ether oxygens (including phenoxy) is 3. The Morgan fingerprint density at radius 1 is 1.07 bits per heavy atom. The molecule has 1 saturated carbocycles. The Balaban J connectivity index is 1.36. The predicted molar refractivity (Wildman–Crippen MR) is 104 cm³/mol. The van der Waals surface area contributed by atoms with Gasteiger partial charge < -0.3 is 19.1 Å². The summed E-state index contributed by atoms with van der Waals surface area (Å²) in [6.07, 6.45) is 6.95. The lowest BCUT2D eigenvalue weighted by atomic mass is 9.91. The molecule has 2 heterocycles. The van der Waals surface area contributed by atoms with Crippen molar-refractivity contribution in [2.75, 3.05) is 19.3 Å². The standard InChI is InChI=1S/C19H29N3O6S/c1-19(2,3)28-18(23)22-7-5-13(6-8-22)26-14-9-15(10-14)27-16-11-20-17(21-12-16)29(4,24)25/h11-15H,5-10H2,1-4H3/t14-,15-. The van der Waals surface area contributed by atoms with Gasteiger partial charge in [0, 0.05) is 32.2 Å². The van der Waals surface area contributed by atoms with E-state index in [1.165, 1.54) is 12.4 Å². The zero-order valence-electron chi connectivity index (χ0n) is 17.3. The van der Waals surface area contributed by atoms with Gasteiger partial charge in [0.15, 0.2) is 5.75 Å². The minimum atomic E-state index is -3.41. The van der Waals surface area contributed by atoms with Gasteiger partial charge in [0.25, 0.3) is 0 Å². The first-order chi connectivity index (χ1) is 13.5. The lowest BCUT2D eigenvalue weighted by Gasteiger charge is -2.39. The zero-order valence-corrected chi connectivity index (χ0v) is 18.1. The van der Waals surface area contributed by atoms with Crippen molar-refractivity contribution in [2.24, 2.45) is 0 Å². The van der Waals surface area contributed by atoms with E-state index in [4.69, 9.17) is 14.2 Å². The molecule has 2 fully saturated rings.